The van der Waals surface area contributed by atoms with E-state index in [9.17, 15) is 0 Å². The lowest BCUT2D eigenvalue weighted by molar-refractivity contribution is 0.115. The second-order valence-corrected chi connectivity index (χ2v) is 13.2. The molecule has 0 aromatic heterocycles. The van der Waals surface area contributed by atoms with Crippen molar-refractivity contribution in [2.75, 3.05) is 6.61 Å². The summed E-state index contributed by atoms with van der Waals surface area (Å²) in [5, 5.41) is 0.160. The SMILES string of the molecule is CC(C)(C)[Si](C)(C)O[C@H](COc1ccccc1)c1ccc(Br)cc1. The summed E-state index contributed by atoms with van der Waals surface area (Å²) in [5.74, 6) is 0.874. The van der Waals surface area contributed by atoms with E-state index in [0.29, 0.717) is 6.61 Å². The summed E-state index contributed by atoms with van der Waals surface area (Å²) in [6, 6.07) is 18.2. The van der Waals surface area contributed by atoms with Gasteiger partial charge in [0.25, 0.3) is 0 Å². The normalized spacial score (nSPS) is 13.6. The molecule has 0 saturated heterocycles. The van der Waals surface area contributed by atoms with E-state index in [2.05, 4.69) is 74.1 Å². The van der Waals surface area contributed by atoms with E-state index < -0.39 is 8.32 Å². The minimum Gasteiger partial charge on any atom is -0.491 e. The molecule has 2 nitrogen and oxygen atoms in total. The van der Waals surface area contributed by atoms with Gasteiger partial charge in [0.2, 0.25) is 0 Å². The summed E-state index contributed by atoms with van der Waals surface area (Å²) in [6.07, 6.45) is -0.0702. The first-order chi connectivity index (χ1) is 11.2. The summed E-state index contributed by atoms with van der Waals surface area (Å²) in [6.45, 7) is 11.8. The van der Waals surface area contributed by atoms with Crippen molar-refractivity contribution in [2.24, 2.45) is 0 Å². The molecule has 4 heteroatoms. The first kappa shape index (κ1) is 19.2. The third kappa shape index (κ3) is 5.20. The Bertz CT molecular complexity index is 633. The second kappa shape index (κ2) is 7.85. The lowest BCUT2D eigenvalue weighted by Crippen LogP contribution is -2.42. The van der Waals surface area contributed by atoms with Gasteiger partial charge in [-0.05, 0) is 48.0 Å². The average Bonchev–Trinajstić information content (AvgIpc) is 2.52. The van der Waals surface area contributed by atoms with Crippen LogP contribution in [0.2, 0.25) is 18.1 Å². The average molecular weight is 407 g/mol. The van der Waals surface area contributed by atoms with Crippen molar-refractivity contribution in [3.63, 3.8) is 0 Å². The summed E-state index contributed by atoms with van der Waals surface area (Å²) in [4.78, 5) is 0. The van der Waals surface area contributed by atoms with Crippen LogP contribution in [-0.2, 0) is 4.43 Å². The lowest BCUT2D eigenvalue weighted by atomic mass is 10.1. The van der Waals surface area contributed by atoms with Gasteiger partial charge in [0.05, 0.1) is 0 Å². The second-order valence-electron chi connectivity index (χ2n) is 7.54. The Hall–Kier alpha value is -1.10. The van der Waals surface area contributed by atoms with Gasteiger partial charge in [0.15, 0.2) is 8.32 Å². The number of halogens is 1. The van der Waals surface area contributed by atoms with Gasteiger partial charge in [-0.25, -0.2) is 0 Å². The zero-order valence-corrected chi connectivity index (χ0v) is 17.8. The van der Waals surface area contributed by atoms with Crippen LogP contribution in [-0.4, -0.2) is 14.9 Å². The molecule has 24 heavy (non-hydrogen) atoms. The van der Waals surface area contributed by atoms with E-state index in [1.807, 2.05) is 30.3 Å². The summed E-state index contributed by atoms with van der Waals surface area (Å²) < 4.78 is 13.7. The molecule has 2 aromatic carbocycles. The molecule has 0 spiro atoms. The van der Waals surface area contributed by atoms with Crippen LogP contribution in [0.25, 0.3) is 0 Å². The van der Waals surface area contributed by atoms with Crippen molar-refractivity contribution in [2.45, 2.75) is 45.0 Å². The van der Waals surface area contributed by atoms with Gasteiger partial charge in [0, 0.05) is 4.47 Å². The maximum atomic E-state index is 6.65. The molecule has 2 rings (SSSR count). The Morgan fingerprint density at radius 1 is 0.958 bits per heavy atom. The molecule has 0 fully saturated rings. The quantitative estimate of drug-likeness (QED) is 0.503. The Labute approximate surface area is 155 Å². The van der Waals surface area contributed by atoms with Gasteiger partial charge in [0.1, 0.15) is 18.5 Å². The Kier molecular flexibility index (Phi) is 6.29. The van der Waals surface area contributed by atoms with Gasteiger partial charge >= 0.3 is 0 Å². The molecular weight excluding hydrogens is 380 g/mol. The molecule has 0 aliphatic heterocycles. The van der Waals surface area contributed by atoms with Gasteiger partial charge in [-0.2, -0.15) is 0 Å². The molecule has 0 N–H and O–H groups in total. The Morgan fingerprint density at radius 3 is 2.08 bits per heavy atom. The van der Waals surface area contributed by atoms with Crippen LogP contribution < -0.4 is 4.74 Å². The van der Waals surface area contributed by atoms with E-state index in [0.717, 1.165) is 15.8 Å². The highest BCUT2D eigenvalue weighted by molar-refractivity contribution is 9.10. The van der Waals surface area contributed by atoms with Gasteiger partial charge in [-0.3, -0.25) is 0 Å². The molecule has 0 radical (unpaired) electrons. The molecular formula is C20H27BrO2Si. The smallest absolute Gasteiger partial charge is 0.193 e. The molecule has 0 bridgehead atoms. The zero-order valence-electron chi connectivity index (χ0n) is 15.2. The molecule has 0 amide bonds. The molecule has 1 atom stereocenters. The number of ether oxygens (including phenoxy) is 1. The van der Waals surface area contributed by atoms with Crippen molar-refractivity contribution >= 4 is 24.2 Å². The highest BCUT2D eigenvalue weighted by Crippen LogP contribution is 2.40. The predicted octanol–water partition coefficient (Wildman–Crippen LogP) is 6.59. The molecule has 2 aromatic rings. The topological polar surface area (TPSA) is 18.5 Å². The van der Waals surface area contributed by atoms with Crippen LogP contribution in [0.5, 0.6) is 5.75 Å². The minimum absolute atomic E-state index is 0.0702. The highest BCUT2D eigenvalue weighted by Gasteiger charge is 2.39. The van der Waals surface area contributed by atoms with Crippen molar-refractivity contribution in [1.29, 1.82) is 0 Å². The molecule has 0 aliphatic carbocycles. The number of hydrogen-bond acceptors (Lipinski definition) is 2. The fourth-order valence-electron chi connectivity index (χ4n) is 2.10. The van der Waals surface area contributed by atoms with Crippen LogP contribution in [0.3, 0.4) is 0 Å². The Balaban J connectivity index is 2.19. The van der Waals surface area contributed by atoms with Crippen molar-refractivity contribution in [3.8, 4) is 5.75 Å². The summed E-state index contributed by atoms with van der Waals surface area (Å²) in [7, 11) is -1.89. The van der Waals surface area contributed by atoms with Crippen molar-refractivity contribution < 1.29 is 9.16 Å². The first-order valence-electron chi connectivity index (χ1n) is 8.30. The van der Waals surface area contributed by atoms with Crippen molar-refractivity contribution in [3.05, 3.63) is 64.6 Å². The summed E-state index contributed by atoms with van der Waals surface area (Å²) in [5.41, 5.74) is 1.15. The molecule has 0 heterocycles. The number of benzene rings is 2. The number of rotatable bonds is 6. The first-order valence-corrected chi connectivity index (χ1v) is 12.0. The van der Waals surface area contributed by atoms with Crippen LogP contribution >= 0.6 is 15.9 Å². The van der Waals surface area contributed by atoms with Gasteiger partial charge in [-0.15, -0.1) is 0 Å². The Morgan fingerprint density at radius 2 is 1.54 bits per heavy atom. The lowest BCUT2D eigenvalue weighted by Gasteiger charge is -2.39. The largest absolute Gasteiger partial charge is 0.491 e. The highest BCUT2D eigenvalue weighted by atomic mass is 79.9. The minimum atomic E-state index is -1.89. The monoisotopic (exact) mass is 406 g/mol. The van der Waals surface area contributed by atoms with Crippen LogP contribution in [0.1, 0.15) is 32.4 Å². The van der Waals surface area contributed by atoms with E-state index in [1.165, 1.54) is 0 Å². The molecule has 130 valence electrons. The van der Waals surface area contributed by atoms with E-state index in [4.69, 9.17) is 9.16 Å². The maximum Gasteiger partial charge on any atom is 0.193 e. The zero-order chi connectivity index (χ0) is 17.8. The van der Waals surface area contributed by atoms with Crippen LogP contribution in [0.4, 0.5) is 0 Å². The number of para-hydroxylation sites is 1. The van der Waals surface area contributed by atoms with Crippen molar-refractivity contribution in [1.82, 2.24) is 0 Å². The fraction of sp³-hybridized carbons (Fsp3) is 0.400. The maximum absolute atomic E-state index is 6.65. The summed E-state index contributed by atoms with van der Waals surface area (Å²) >= 11 is 3.50. The third-order valence-electron chi connectivity index (χ3n) is 4.63. The van der Waals surface area contributed by atoms with E-state index >= 15 is 0 Å². The standard InChI is InChI=1S/C20H27BrO2Si/c1-20(2,3)24(4,5)23-19(16-11-13-17(21)14-12-16)15-22-18-9-7-6-8-10-18/h6-14,19H,15H2,1-5H3/t19-/m1/s1. The fourth-order valence-corrected chi connectivity index (χ4v) is 3.63. The number of hydrogen-bond donors (Lipinski definition) is 0. The van der Waals surface area contributed by atoms with Gasteiger partial charge in [-0.1, -0.05) is 67.0 Å². The molecule has 0 saturated carbocycles. The predicted molar refractivity (Wildman–Crippen MR) is 107 cm³/mol. The van der Waals surface area contributed by atoms with Crippen LogP contribution in [0.15, 0.2) is 59.1 Å². The third-order valence-corrected chi connectivity index (χ3v) is 9.64. The molecule has 0 unspecified atom stereocenters. The van der Waals surface area contributed by atoms with Crippen LogP contribution in [0, 0.1) is 0 Å². The molecule has 0 aliphatic rings. The van der Waals surface area contributed by atoms with Gasteiger partial charge < -0.3 is 9.16 Å². The van der Waals surface area contributed by atoms with E-state index in [-0.39, 0.29) is 11.1 Å². The van der Waals surface area contributed by atoms with E-state index in [1.54, 1.807) is 0 Å².